The van der Waals surface area contributed by atoms with E-state index in [0.29, 0.717) is 24.8 Å². The minimum Gasteiger partial charge on any atom is -0.396 e. The fourth-order valence-electron chi connectivity index (χ4n) is 4.12. The molecule has 172 valence electrons. The summed E-state index contributed by atoms with van der Waals surface area (Å²) in [6.45, 7) is 3.12. The third-order valence-electron chi connectivity index (χ3n) is 5.85. The van der Waals surface area contributed by atoms with E-state index >= 15 is 0 Å². The van der Waals surface area contributed by atoms with E-state index in [9.17, 15) is 23.1 Å². The third-order valence-corrected chi connectivity index (χ3v) is 5.85. The predicted octanol–water partition coefficient (Wildman–Crippen LogP) is 3.66. The number of aryl methyl sites for hydroxylation is 1. The zero-order valence-corrected chi connectivity index (χ0v) is 17.8. The first kappa shape index (κ1) is 22.7. The summed E-state index contributed by atoms with van der Waals surface area (Å²) in [6, 6.07) is 6.01. The van der Waals surface area contributed by atoms with Gasteiger partial charge in [0.2, 0.25) is 0 Å². The smallest absolute Gasteiger partial charge is 0.396 e. The number of carbonyl (C=O) groups is 1. The van der Waals surface area contributed by atoms with Crippen LogP contribution in [0.3, 0.4) is 0 Å². The van der Waals surface area contributed by atoms with Crippen molar-refractivity contribution >= 4 is 17.3 Å². The Hall–Kier alpha value is -3.53. The summed E-state index contributed by atoms with van der Waals surface area (Å²) in [6.07, 6.45) is 2.20. The first-order chi connectivity index (χ1) is 15.8. The van der Waals surface area contributed by atoms with Crippen molar-refractivity contribution in [3.63, 3.8) is 0 Å². The Morgan fingerprint density at radius 2 is 1.88 bits per heavy atom. The summed E-state index contributed by atoms with van der Waals surface area (Å²) in [4.78, 5) is 26.6. The molecular formula is C23H22F3N5O2. The number of alkyl halides is 3. The van der Waals surface area contributed by atoms with Crippen LogP contribution >= 0.6 is 0 Å². The van der Waals surface area contributed by atoms with Gasteiger partial charge in [-0.1, -0.05) is 6.07 Å². The number of hydrogen-bond donors (Lipinski definition) is 2. The summed E-state index contributed by atoms with van der Waals surface area (Å²) >= 11 is 0. The Kier molecular flexibility index (Phi) is 6.28. The van der Waals surface area contributed by atoms with Crippen LogP contribution in [0.4, 0.5) is 24.5 Å². The minimum atomic E-state index is -4.55. The van der Waals surface area contributed by atoms with Crippen LogP contribution in [0.1, 0.15) is 33.0 Å². The lowest BCUT2D eigenvalue weighted by Gasteiger charge is -2.20. The maximum Gasteiger partial charge on any atom is 0.417 e. The number of hydrogen-bond acceptors (Lipinski definition) is 6. The number of rotatable bonds is 5. The Bertz CT molecular complexity index is 1140. The first-order valence-electron chi connectivity index (χ1n) is 10.3. The van der Waals surface area contributed by atoms with Crippen molar-refractivity contribution in [3.8, 4) is 0 Å². The molecule has 33 heavy (non-hydrogen) atoms. The molecule has 2 N–H and O–H groups in total. The van der Waals surface area contributed by atoms with E-state index < -0.39 is 17.6 Å². The van der Waals surface area contributed by atoms with Crippen LogP contribution in [-0.4, -0.2) is 45.7 Å². The molecule has 7 nitrogen and oxygen atoms in total. The van der Waals surface area contributed by atoms with Crippen molar-refractivity contribution in [2.75, 3.05) is 29.9 Å². The monoisotopic (exact) mass is 457 g/mol. The highest BCUT2D eigenvalue weighted by Crippen LogP contribution is 2.37. The molecule has 0 unspecified atom stereocenters. The Labute approximate surface area is 188 Å². The number of pyridine rings is 1. The molecule has 0 bridgehead atoms. The van der Waals surface area contributed by atoms with Gasteiger partial charge in [0.05, 0.1) is 35.5 Å². The lowest BCUT2D eigenvalue weighted by molar-refractivity contribution is -0.137. The van der Waals surface area contributed by atoms with Crippen molar-refractivity contribution in [2.24, 2.45) is 5.92 Å². The summed E-state index contributed by atoms with van der Waals surface area (Å²) in [5.74, 6) is -0.641. The predicted molar refractivity (Wildman–Crippen MR) is 116 cm³/mol. The van der Waals surface area contributed by atoms with Gasteiger partial charge in [-0.25, -0.2) is 9.97 Å². The standard InChI is InChI=1S/C23H22F3N5O2/c1-14-2-3-15(22(33)30-18-5-17(6-27-7-18)23(24,25)26)4-20(14)21-11-31(10-16(21)12-32)19-8-28-13-29-9-19/h2-9,13,16,21,32H,10-12H2,1H3,(H,30,33)/t16-,21+/m1/s1. The van der Waals surface area contributed by atoms with Crippen LogP contribution in [0.2, 0.25) is 0 Å². The molecule has 0 aliphatic carbocycles. The van der Waals surface area contributed by atoms with Gasteiger partial charge in [-0.15, -0.1) is 0 Å². The van der Waals surface area contributed by atoms with E-state index in [1.807, 2.05) is 6.92 Å². The highest BCUT2D eigenvalue weighted by molar-refractivity contribution is 6.04. The Balaban J connectivity index is 1.57. The molecule has 3 heterocycles. The fraction of sp³-hybridized carbons (Fsp3) is 0.304. The van der Waals surface area contributed by atoms with Crippen LogP contribution < -0.4 is 10.2 Å². The largest absolute Gasteiger partial charge is 0.417 e. The highest BCUT2D eigenvalue weighted by atomic mass is 19.4. The number of aliphatic hydroxyl groups excluding tert-OH is 1. The molecular weight excluding hydrogens is 435 g/mol. The number of amides is 1. The lowest BCUT2D eigenvalue weighted by Crippen LogP contribution is -2.20. The summed E-state index contributed by atoms with van der Waals surface area (Å²) in [7, 11) is 0. The average molecular weight is 457 g/mol. The maximum atomic E-state index is 12.9. The Morgan fingerprint density at radius 3 is 2.58 bits per heavy atom. The van der Waals surface area contributed by atoms with Crippen molar-refractivity contribution in [1.29, 1.82) is 0 Å². The quantitative estimate of drug-likeness (QED) is 0.608. The van der Waals surface area contributed by atoms with Gasteiger partial charge >= 0.3 is 6.18 Å². The number of carbonyl (C=O) groups excluding carboxylic acids is 1. The molecule has 2 aromatic heterocycles. The molecule has 1 aliphatic rings. The van der Waals surface area contributed by atoms with Gasteiger partial charge in [-0.05, 0) is 36.2 Å². The Morgan fingerprint density at radius 1 is 1.12 bits per heavy atom. The molecule has 10 heteroatoms. The van der Waals surface area contributed by atoms with E-state index in [1.165, 1.54) is 12.5 Å². The summed E-state index contributed by atoms with van der Waals surface area (Å²) in [5, 5.41) is 12.5. The molecule has 3 aromatic rings. The van der Waals surface area contributed by atoms with Gasteiger partial charge in [0.1, 0.15) is 6.33 Å². The van der Waals surface area contributed by atoms with Gasteiger partial charge in [-0.3, -0.25) is 9.78 Å². The molecule has 1 fully saturated rings. The average Bonchev–Trinajstić information content (AvgIpc) is 3.24. The molecule has 4 rings (SSSR count). The summed E-state index contributed by atoms with van der Waals surface area (Å²) < 4.78 is 38.8. The van der Waals surface area contributed by atoms with E-state index in [1.54, 1.807) is 30.6 Å². The van der Waals surface area contributed by atoms with Gasteiger partial charge in [0.15, 0.2) is 0 Å². The van der Waals surface area contributed by atoms with E-state index in [4.69, 9.17) is 0 Å². The number of anilines is 2. The molecule has 0 radical (unpaired) electrons. The molecule has 0 spiro atoms. The van der Waals surface area contributed by atoms with Crippen molar-refractivity contribution in [1.82, 2.24) is 15.0 Å². The zero-order chi connectivity index (χ0) is 23.6. The molecule has 1 aromatic carbocycles. The van der Waals surface area contributed by atoms with E-state index in [0.717, 1.165) is 22.9 Å². The van der Waals surface area contributed by atoms with Crippen LogP contribution in [0.25, 0.3) is 0 Å². The number of aliphatic hydroxyl groups is 1. The van der Waals surface area contributed by atoms with Gasteiger partial charge in [0.25, 0.3) is 5.91 Å². The van der Waals surface area contributed by atoms with Gasteiger partial charge < -0.3 is 15.3 Å². The number of aromatic nitrogens is 3. The number of nitrogens with zero attached hydrogens (tertiary/aromatic N) is 4. The zero-order valence-electron chi connectivity index (χ0n) is 17.8. The second kappa shape index (κ2) is 9.14. The topological polar surface area (TPSA) is 91.2 Å². The summed E-state index contributed by atoms with van der Waals surface area (Å²) in [5.41, 5.74) is 2.05. The second-order valence-corrected chi connectivity index (χ2v) is 8.04. The van der Waals surface area contributed by atoms with Crippen molar-refractivity contribution < 1.29 is 23.1 Å². The van der Waals surface area contributed by atoms with E-state index in [2.05, 4.69) is 25.2 Å². The van der Waals surface area contributed by atoms with Crippen LogP contribution in [0, 0.1) is 12.8 Å². The second-order valence-electron chi connectivity index (χ2n) is 8.04. The van der Waals surface area contributed by atoms with Crippen LogP contribution in [0.5, 0.6) is 0 Å². The number of halogens is 3. The normalized spacial score (nSPS) is 18.4. The molecule has 2 atom stereocenters. The number of benzene rings is 1. The lowest BCUT2D eigenvalue weighted by atomic mass is 9.86. The van der Waals surface area contributed by atoms with Crippen LogP contribution in [-0.2, 0) is 6.18 Å². The van der Waals surface area contributed by atoms with Gasteiger partial charge in [-0.2, -0.15) is 13.2 Å². The number of nitrogens with one attached hydrogen (secondary N) is 1. The van der Waals surface area contributed by atoms with Crippen LogP contribution in [0.15, 0.2) is 55.4 Å². The highest BCUT2D eigenvalue weighted by Gasteiger charge is 2.35. The molecule has 1 amide bonds. The first-order valence-corrected chi connectivity index (χ1v) is 10.3. The van der Waals surface area contributed by atoms with Crippen molar-refractivity contribution in [2.45, 2.75) is 19.0 Å². The molecule has 1 saturated heterocycles. The third kappa shape index (κ3) is 4.95. The SMILES string of the molecule is Cc1ccc(C(=O)Nc2cncc(C(F)(F)F)c2)cc1[C@H]1CN(c2cncnc2)C[C@@H]1CO. The van der Waals surface area contributed by atoms with Crippen molar-refractivity contribution in [3.05, 3.63) is 77.6 Å². The molecule has 0 saturated carbocycles. The van der Waals surface area contributed by atoms with Gasteiger partial charge in [0, 0.05) is 43.3 Å². The minimum absolute atomic E-state index is 0.0272. The van der Waals surface area contributed by atoms with E-state index in [-0.39, 0.29) is 24.1 Å². The molecule has 1 aliphatic heterocycles. The maximum absolute atomic E-state index is 12.9. The fourth-order valence-corrected chi connectivity index (χ4v) is 4.12.